The minimum atomic E-state index is -0.764. The highest BCUT2D eigenvalue weighted by molar-refractivity contribution is 5.77. The molecule has 0 spiro atoms. The van der Waals surface area contributed by atoms with Gasteiger partial charge in [0.25, 0.3) is 0 Å². The van der Waals surface area contributed by atoms with Gasteiger partial charge in [-0.05, 0) is 38.5 Å². The molecule has 1 atom stereocenters. The summed E-state index contributed by atoms with van der Waals surface area (Å²) in [6.07, 6.45) is 1.70. The zero-order valence-electron chi connectivity index (χ0n) is 12.4. The van der Waals surface area contributed by atoms with Gasteiger partial charge in [0, 0.05) is 13.0 Å². The van der Waals surface area contributed by atoms with Crippen molar-refractivity contribution in [1.29, 1.82) is 0 Å². The first kappa shape index (κ1) is 17.9. The lowest BCUT2D eigenvalue weighted by Crippen LogP contribution is -2.31. The SMILES string of the molecule is CC(C)OCC(=O)NCCC(CCC(=O)O)C(C)C. The summed E-state index contributed by atoms with van der Waals surface area (Å²) >= 11 is 0. The highest BCUT2D eigenvalue weighted by Crippen LogP contribution is 2.20. The predicted octanol–water partition coefficient (Wildman–Crippen LogP) is 2.05. The number of aliphatic carboxylic acids is 1. The van der Waals surface area contributed by atoms with Gasteiger partial charge in [-0.1, -0.05) is 13.8 Å². The molecule has 1 amide bonds. The fourth-order valence-corrected chi connectivity index (χ4v) is 1.81. The maximum absolute atomic E-state index is 11.4. The van der Waals surface area contributed by atoms with Crippen LogP contribution in [0.2, 0.25) is 0 Å². The third-order valence-electron chi connectivity index (χ3n) is 3.06. The molecule has 1 unspecified atom stereocenters. The van der Waals surface area contributed by atoms with Crippen LogP contribution < -0.4 is 5.32 Å². The van der Waals surface area contributed by atoms with Gasteiger partial charge in [-0.2, -0.15) is 0 Å². The van der Waals surface area contributed by atoms with Crippen molar-refractivity contribution in [2.75, 3.05) is 13.2 Å². The standard InChI is InChI=1S/C14H27NO4/c1-10(2)12(5-6-14(17)18)7-8-15-13(16)9-19-11(3)4/h10-12H,5-9H2,1-4H3,(H,15,16)(H,17,18). The largest absolute Gasteiger partial charge is 0.481 e. The van der Waals surface area contributed by atoms with E-state index in [1.54, 1.807) is 0 Å². The zero-order valence-corrected chi connectivity index (χ0v) is 12.4. The van der Waals surface area contributed by atoms with E-state index in [9.17, 15) is 9.59 Å². The Morgan fingerprint density at radius 3 is 2.26 bits per heavy atom. The Labute approximate surface area is 115 Å². The van der Waals surface area contributed by atoms with E-state index >= 15 is 0 Å². The number of hydrogen-bond donors (Lipinski definition) is 2. The quantitative estimate of drug-likeness (QED) is 0.639. The molecule has 0 aromatic heterocycles. The van der Waals surface area contributed by atoms with E-state index in [2.05, 4.69) is 19.2 Å². The topological polar surface area (TPSA) is 75.6 Å². The van der Waals surface area contributed by atoms with Crippen LogP contribution >= 0.6 is 0 Å². The summed E-state index contributed by atoms with van der Waals surface area (Å²) < 4.78 is 5.20. The second-order valence-corrected chi connectivity index (χ2v) is 5.43. The molecule has 0 bridgehead atoms. The van der Waals surface area contributed by atoms with Crippen LogP contribution in [0.3, 0.4) is 0 Å². The van der Waals surface area contributed by atoms with Crippen LogP contribution in [-0.4, -0.2) is 36.2 Å². The molecule has 0 heterocycles. The lowest BCUT2D eigenvalue weighted by Gasteiger charge is -2.20. The molecule has 0 rings (SSSR count). The summed E-state index contributed by atoms with van der Waals surface area (Å²) in [5.74, 6) is -0.139. The van der Waals surface area contributed by atoms with Crippen LogP contribution in [0, 0.1) is 11.8 Å². The van der Waals surface area contributed by atoms with Crippen molar-refractivity contribution in [3.8, 4) is 0 Å². The Bertz CT molecular complexity index is 277. The number of rotatable bonds is 10. The molecule has 0 aliphatic rings. The van der Waals surface area contributed by atoms with Crippen LogP contribution in [0.25, 0.3) is 0 Å². The molecular formula is C14H27NO4. The van der Waals surface area contributed by atoms with Gasteiger partial charge in [-0.15, -0.1) is 0 Å². The van der Waals surface area contributed by atoms with Gasteiger partial charge >= 0.3 is 5.97 Å². The molecule has 5 nitrogen and oxygen atoms in total. The molecule has 5 heteroatoms. The monoisotopic (exact) mass is 273 g/mol. The fourth-order valence-electron chi connectivity index (χ4n) is 1.81. The number of carboxylic acids is 1. The zero-order chi connectivity index (χ0) is 14.8. The van der Waals surface area contributed by atoms with Crippen molar-refractivity contribution in [2.24, 2.45) is 11.8 Å². The maximum Gasteiger partial charge on any atom is 0.303 e. The second kappa shape index (κ2) is 9.78. The van der Waals surface area contributed by atoms with Gasteiger partial charge in [0.2, 0.25) is 5.91 Å². The number of carboxylic acid groups (broad SMARTS) is 1. The van der Waals surface area contributed by atoms with E-state index in [4.69, 9.17) is 9.84 Å². The number of amides is 1. The van der Waals surface area contributed by atoms with E-state index in [1.807, 2.05) is 13.8 Å². The normalized spacial score (nSPS) is 12.7. The molecule has 0 aromatic carbocycles. The average Bonchev–Trinajstić information content (AvgIpc) is 2.30. The molecule has 19 heavy (non-hydrogen) atoms. The Hall–Kier alpha value is -1.10. The third-order valence-corrected chi connectivity index (χ3v) is 3.06. The van der Waals surface area contributed by atoms with E-state index in [-0.39, 0.29) is 25.0 Å². The highest BCUT2D eigenvalue weighted by atomic mass is 16.5. The molecule has 0 aromatic rings. The van der Waals surface area contributed by atoms with Gasteiger partial charge in [0.1, 0.15) is 6.61 Å². The highest BCUT2D eigenvalue weighted by Gasteiger charge is 2.15. The molecule has 0 saturated carbocycles. The summed E-state index contributed by atoms with van der Waals surface area (Å²) in [7, 11) is 0. The molecule has 112 valence electrons. The van der Waals surface area contributed by atoms with E-state index < -0.39 is 5.97 Å². The Morgan fingerprint density at radius 2 is 1.79 bits per heavy atom. The average molecular weight is 273 g/mol. The Morgan fingerprint density at radius 1 is 1.16 bits per heavy atom. The second-order valence-electron chi connectivity index (χ2n) is 5.43. The van der Waals surface area contributed by atoms with Gasteiger partial charge in [-0.3, -0.25) is 9.59 Å². The van der Waals surface area contributed by atoms with E-state index in [0.717, 1.165) is 6.42 Å². The van der Waals surface area contributed by atoms with Crippen LogP contribution in [0.15, 0.2) is 0 Å². The fraction of sp³-hybridized carbons (Fsp3) is 0.857. The summed E-state index contributed by atoms with van der Waals surface area (Å²) in [6, 6.07) is 0. The molecular weight excluding hydrogens is 246 g/mol. The summed E-state index contributed by atoms with van der Waals surface area (Å²) in [5, 5.41) is 11.5. The first-order valence-corrected chi connectivity index (χ1v) is 6.93. The molecule has 0 radical (unpaired) electrons. The first-order chi connectivity index (χ1) is 8.82. The number of hydrogen-bond acceptors (Lipinski definition) is 3. The van der Waals surface area contributed by atoms with Crippen molar-refractivity contribution < 1.29 is 19.4 Å². The van der Waals surface area contributed by atoms with Gasteiger partial charge in [-0.25, -0.2) is 0 Å². The first-order valence-electron chi connectivity index (χ1n) is 6.93. The molecule has 0 saturated heterocycles. The van der Waals surface area contributed by atoms with E-state index in [0.29, 0.717) is 24.8 Å². The lowest BCUT2D eigenvalue weighted by molar-refractivity contribution is -0.137. The number of carbonyl (C=O) groups is 2. The molecule has 0 aliphatic carbocycles. The smallest absolute Gasteiger partial charge is 0.303 e. The third kappa shape index (κ3) is 10.5. The van der Waals surface area contributed by atoms with E-state index in [1.165, 1.54) is 0 Å². The van der Waals surface area contributed by atoms with Crippen molar-refractivity contribution in [2.45, 2.75) is 53.1 Å². The Balaban J connectivity index is 3.86. The number of carbonyl (C=O) groups excluding carboxylic acids is 1. The van der Waals surface area contributed by atoms with Crippen molar-refractivity contribution >= 4 is 11.9 Å². The van der Waals surface area contributed by atoms with Gasteiger partial charge < -0.3 is 15.2 Å². The van der Waals surface area contributed by atoms with Crippen LogP contribution in [0.1, 0.15) is 47.0 Å². The number of nitrogens with one attached hydrogen (secondary N) is 1. The van der Waals surface area contributed by atoms with Gasteiger partial charge in [0.15, 0.2) is 0 Å². The van der Waals surface area contributed by atoms with Crippen LogP contribution in [-0.2, 0) is 14.3 Å². The van der Waals surface area contributed by atoms with Crippen molar-refractivity contribution in [1.82, 2.24) is 5.32 Å². The van der Waals surface area contributed by atoms with Crippen molar-refractivity contribution in [3.63, 3.8) is 0 Å². The van der Waals surface area contributed by atoms with Crippen LogP contribution in [0.5, 0.6) is 0 Å². The summed E-state index contributed by atoms with van der Waals surface area (Å²) in [6.45, 7) is 8.58. The lowest BCUT2D eigenvalue weighted by atomic mass is 9.88. The van der Waals surface area contributed by atoms with Crippen LogP contribution in [0.4, 0.5) is 0 Å². The number of ether oxygens (including phenoxy) is 1. The minimum Gasteiger partial charge on any atom is -0.481 e. The minimum absolute atomic E-state index is 0.0460. The molecule has 0 aliphatic heterocycles. The Kier molecular flexibility index (Phi) is 9.21. The molecule has 0 fully saturated rings. The van der Waals surface area contributed by atoms with Crippen molar-refractivity contribution in [3.05, 3.63) is 0 Å². The summed E-state index contributed by atoms with van der Waals surface area (Å²) in [5.41, 5.74) is 0. The van der Waals surface area contributed by atoms with Gasteiger partial charge in [0.05, 0.1) is 6.10 Å². The maximum atomic E-state index is 11.4. The predicted molar refractivity (Wildman–Crippen MR) is 73.9 cm³/mol. The molecule has 2 N–H and O–H groups in total. The summed E-state index contributed by atoms with van der Waals surface area (Å²) in [4.78, 5) is 22.0.